The highest BCUT2D eigenvalue weighted by atomic mass is 32.2. The molecule has 3 aromatic carbocycles. The van der Waals surface area contributed by atoms with Crippen molar-refractivity contribution in [1.82, 2.24) is 0 Å². The SMILES string of the molecule is Cc1ccc([S+](c2ccc(C)cc2)c2ccc(OC(C(F)(F)F)C(F)(F)S(=O)(=O)O)cc2)cc1. The lowest BCUT2D eigenvalue weighted by molar-refractivity contribution is -0.239. The molecule has 0 aliphatic heterocycles. The van der Waals surface area contributed by atoms with Gasteiger partial charge in [0, 0.05) is 0 Å². The molecule has 0 saturated carbocycles. The fraction of sp³-hybridized carbons (Fsp3) is 0.217. The summed E-state index contributed by atoms with van der Waals surface area (Å²) in [6, 6.07) is 20.4. The Morgan fingerprint density at radius 2 is 1.09 bits per heavy atom. The number of hydrogen-bond acceptors (Lipinski definition) is 3. The van der Waals surface area contributed by atoms with Gasteiger partial charge in [-0.05, 0) is 62.4 Å². The van der Waals surface area contributed by atoms with Gasteiger partial charge in [0.25, 0.3) is 6.10 Å². The van der Waals surface area contributed by atoms with E-state index in [9.17, 15) is 30.4 Å². The average molecular weight is 520 g/mol. The Hall–Kier alpha value is -2.63. The zero-order chi connectivity index (χ0) is 25.3. The summed E-state index contributed by atoms with van der Waals surface area (Å²) in [6.45, 7) is 3.86. The van der Waals surface area contributed by atoms with E-state index in [-0.39, 0.29) is 0 Å². The number of halogens is 5. The van der Waals surface area contributed by atoms with Crippen molar-refractivity contribution in [2.75, 3.05) is 0 Å². The van der Waals surface area contributed by atoms with Gasteiger partial charge < -0.3 is 4.74 Å². The molecule has 0 saturated heterocycles. The molecular weight excluding hydrogens is 499 g/mol. The van der Waals surface area contributed by atoms with Crippen LogP contribution in [0.5, 0.6) is 5.75 Å². The van der Waals surface area contributed by atoms with Gasteiger partial charge in [0.1, 0.15) is 5.75 Å². The van der Waals surface area contributed by atoms with E-state index >= 15 is 0 Å². The van der Waals surface area contributed by atoms with Gasteiger partial charge in [-0.2, -0.15) is 30.4 Å². The van der Waals surface area contributed by atoms with Crippen LogP contribution in [0.3, 0.4) is 0 Å². The monoisotopic (exact) mass is 519 g/mol. The van der Waals surface area contributed by atoms with Crippen LogP contribution in [0.4, 0.5) is 22.0 Å². The third kappa shape index (κ3) is 5.70. The molecule has 3 rings (SSSR count). The Morgan fingerprint density at radius 3 is 1.41 bits per heavy atom. The molecule has 0 aliphatic rings. The second-order valence-electron chi connectivity index (χ2n) is 7.48. The minimum atomic E-state index is -6.38. The lowest BCUT2D eigenvalue weighted by atomic mass is 10.2. The average Bonchev–Trinajstić information content (AvgIpc) is 2.74. The van der Waals surface area contributed by atoms with E-state index in [2.05, 4.69) is 4.74 Å². The lowest BCUT2D eigenvalue weighted by Gasteiger charge is -2.26. The van der Waals surface area contributed by atoms with Crippen molar-refractivity contribution in [3.8, 4) is 5.75 Å². The van der Waals surface area contributed by atoms with E-state index in [0.717, 1.165) is 33.1 Å². The highest BCUT2D eigenvalue weighted by molar-refractivity contribution is 7.97. The molecule has 0 heterocycles. The van der Waals surface area contributed by atoms with Crippen LogP contribution in [-0.4, -0.2) is 30.5 Å². The predicted octanol–water partition coefficient (Wildman–Crippen LogP) is 6.19. The van der Waals surface area contributed by atoms with Crippen molar-refractivity contribution in [2.24, 2.45) is 0 Å². The van der Waals surface area contributed by atoms with Crippen molar-refractivity contribution in [3.05, 3.63) is 83.9 Å². The fourth-order valence-electron chi connectivity index (χ4n) is 3.01. The van der Waals surface area contributed by atoms with Crippen LogP contribution >= 0.6 is 0 Å². The van der Waals surface area contributed by atoms with Crippen molar-refractivity contribution in [3.63, 3.8) is 0 Å². The van der Waals surface area contributed by atoms with Gasteiger partial charge in [0.2, 0.25) is 0 Å². The van der Waals surface area contributed by atoms with Gasteiger partial charge in [-0.3, -0.25) is 4.55 Å². The molecule has 4 nitrogen and oxygen atoms in total. The van der Waals surface area contributed by atoms with Crippen molar-refractivity contribution < 1.29 is 39.7 Å². The molecular formula is C23H20F5O4S2+. The quantitative estimate of drug-likeness (QED) is 0.230. The Labute approximate surface area is 196 Å². The summed E-state index contributed by atoms with van der Waals surface area (Å²) in [5.41, 5.74) is 2.08. The molecule has 0 spiro atoms. The predicted molar refractivity (Wildman–Crippen MR) is 118 cm³/mol. The highest BCUT2D eigenvalue weighted by Crippen LogP contribution is 2.39. The van der Waals surface area contributed by atoms with Crippen LogP contribution in [0.2, 0.25) is 0 Å². The van der Waals surface area contributed by atoms with E-state index in [4.69, 9.17) is 4.55 Å². The second kappa shape index (κ2) is 9.55. The maximum absolute atomic E-state index is 13.8. The largest absolute Gasteiger partial charge is 0.473 e. The van der Waals surface area contributed by atoms with Gasteiger partial charge in [-0.1, -0.05) is 35.4 Å². The maximum Gasteiger partial charge on any atom is 0.432 e. The van der Waals surface area contributed by atoms with Gasteiger partial charge in [-0.25, -0.2) is 0 Å². The molecule has 1 atom stereocenters. The minimum absolute atomic E-state index is 0.634. The zero-order valence-corrected chi connectivity index (χ0v) is 19.5. The third-order valence-electron chi connectivity index (χ3n) is 4.77. The molecule has 0 fully saturated rings. The molecule has 0 aliphatic carbocycles. The van der Waals surface area contributed by atoms with Crippen LogP contribution in [0.25, 0.3) is 0 Å². The molecule has 3 aromatic rings. The van der Waals surface area contributed by atoms with Gasteiger partial charge in [0.15, 0.2) is 14.7 Å². The normalized spacial score (nSPS) is 13.7. The van der Waals surface area contributed by atoms with Crippen molar-refractivity contribution >= 4 is 21.0 Å². The van der Waals surface area contributed by atoms with E-state index in [1.165, 1.54) is 12.1 Å². The summed E-state index contributed by atoms with van der Waals surface area (Å²) in [5.74, 6) is -0.634. The molecule has 34 heavy (non-hydrogen) atoms. The topological polar surface area (TPSA) is 63.6 Å². The van der Waals surface area contributed by atoms with Gasteiger partial charge in [0.05, 0.1) is 10.9 Å². The molecule has 0 amide bonds. The number of rotatable bonds is 7. The van der Waals surface area contributed by atoms with Crippen LogP contribution in [-0.2, 0) is 21.0 Å². The second-order valence-corrected chi connectivity index (χ2v) is 11.0. The molecule has 182 valence electrons. The standard InChI is InChI=1S/C23H19F5O4S2/c1-15-3-9-18(10-4-15)33(19-11-5-16(2)6-12-19)20-13-7-17(8-14-20)32-21(22(24,25)26)23(27,28)34(29,30)31/h3-14,21H,1-2H3/p+1. The van der Waals surface area contributed by atoms with Crippen molar-refractivity contribution in [1.29, 1.82) is 0 Å². The van der Waals surface area contributed by atoms with E-state index in [1.54, 1.807) is 0 Å². The Balaban J connectivity index is 1.99. The Morgan fingerprint density at radius 1 is 0.735 bits per heavy atom. The smallest absolute Gasteiger partial charge is 0.432 e. The van der Waals surface area contributed by atoms with Crippen LogP contribution < -0.4 is 4.74 Å². The summed E-state index contributed by atoms with van der Waals surface area (Å²) >= 11 is 0. The first-order valence-electron chi connectivity index (χ1n) is 9.76. The van der Waals surface area contributed by atoms with Crippen LogP contribution in [0.15, 0.2) is 87.5 Å². The van der Waals surface area contributed by atoms with Gasteiger partial charge in [-0.15, -0.1) is 0 Å². The number of alkyl halides is 5. The third-order valence-corrected chi connectivity index (χ3v) is 7.91. The summed E-state index contributed by atoms with van der Waals surface area (Å²) in [4.78, 5) is 2.52. The molecule has 1 unspecified atom stereocenters. The van der Waals surface area contributed by atoms with Crippen LogP contribution in [0, 0.1) is 13.8 Å². The fourth-order valence-corrected chi connectivity index (χ4v) is 5.50. The highest BCUT2D eigenvalue weighted by Gasteiger charge is 2.65. The number of benzene rings is 3. The van der Waals surface area contributed by atoms with E-state index < -0.39 is 44.3 Å². The first-order chi connectivity index (χ1) is 15.7. The van der Waals surface area contributed by atoms with Crippen LogP contribution in [0.1, 0.15) is 11.1 Å². The number of hydrogen-bond donors (Lipinski definition) is 1. The summed E-state index contributed by atoms with van der Waals surface area (Å²) in [7, 11) is -7.04. The maximum atomic E-state index is 13.8. The first-order valence-corrected chi connectivity index (χ1v) is 12.4. The van der Waals surface area contributed by atoms with E-state index in [0.29, 0.717) is 4.90 Å². The number of ether oxygens (including phenoxy) is 1. The Kier molecular flexibility index (Phi) is 7.30. The summed E-state index contributed by atoms with van der Waals surface area (Å²) < 4.78 is 102. The Bertz CT molecular complexity index is 1180. The zero-order valence-electron chi connectivity index (χ0n) is 17.9. The molecule has 0 bridgehead atoms. The van der Waals surface area contributed by atoms with E-state index in [1.807, 2.05) is 62.4 Å². The lowest BCUT2D eigenvalue weighted by Crippen LogP contribution is -2.53. The molecule has 11 heteroatoms. The molecule has 0 aromatic heterocycles. The summed E-state index contributed by atoms with van der Waals surface area (Å²) in [5, 5.41) is -5.60. The van der Waals surface area contributed by atoms with Crippen molar-refractivity contribution in [2.45, 2.75) is 46.1 Å². The number of aryl methyl sites for hydroxylation is 2. The van der Waals surface area contributed by atoms with Gasteiger partial charge >= 0.3 is 21.5 Å². The first kappa shape index (κ1) is 26.0. The molecule has 1 N–H and O–H groups in total. The minimum Gasteiger partial charge on any atom is -0.473 e. The summed E-state index contributed by atoms with van der Waals surface area (Å²) in [6.07, 6.45) is -9.86. The molecule has 0 radical (unpaired) electrons.